The molecule has 0 bridgehead atoms. The lowest BCUT2D eigenvalue weighted by Crippen LogP contribution is -2.45. The van der Waals surface area contributed by atoms with Gasteiger partial charge in [0.25, 0.3) is 5.91 Å². The van der Waals surface area contributed by atoms with Gasteiger partial charge in [-0.25, -0.2) is 23.8 Å². The third-order valence-corrected chi connectivity index (χ3v) is 7.13. The Morgan fingerprint density at radius 2 is 1.55 bits per heavy atom. The van der Waals surface area contributed by atoms with Gasteiger partial charge >= 0.3 is 12.1 Å². The number of halogens is 1. The maximum Gasteiger partial charge on any atom is 0.453 e. The molecule has 47 heavy (non-hydrogen) atoms. The number of nitrogens with zero attached hydrogens (tertiary/aromatic N) is 1. The van der Waals surface area contributed by atoms with Crippen LogP contribution in [0.25, 0.3) is 0 Å². The molecule has 0 aromatic heterocycles. The van der Waals surface area contributed by atoms with Crippen LogP contribution in [0.4, 0.5) is 9.18 Å². The number of carbonyl (C=O) groups is 4. The maximum absolute atomic E-state index is 14.5. The third-order valence-electron chi connectivity index (χ3n) is 7.13. The van der Waals surface area contributed by atoms with Gasteiger partial charge in [0, 0.05) is 38.9 Å². The number of ketones is 1. The molecular weight excluding hydrogens is 619 g/mol. The summed E-state index contributed by atoms with van der Waals surface area (Å²) in [6, 6.07) is 13.5. The lowest BCUT2D eigenvalue weighted by molar-refractivity contribution is -0.192. The van der Waals surface area contributed by atoms with Crippen molar-refractivity contribution in [3.63, 3.8) is 0 Å². The van der Waals surface area contributed by atoms with Crippen molar-refractivity contribution in [2.45, 2.75) is 25.3 Å². The maximum atomic E-state index is 14.5. The second kappa shape index (κ2) is 16.9. The second-order valence-corrected chi connectivity index (χ2v) is 10.3. The lowest BCUT2D eigenvalue weighted by atomic mass is 10.0. The summed E-state index contributed by atoms with van der Waals surface area (Å²) in [5, 5.41) is 2.92. The molecule has 3 aromatic rings. The smallest absolute Gasteiger partial charge is 0.453 e. The Kier molecular flexibility index (Phi) is 12.5. The monoisotopic (exact) mass is 654 g/mol. The van der Waals surface area contributed by atoms with E-state index in [-0.39, 0.29) is 48.1 Å². The van der Waals surface area contributed by atoms with Crippen molar-refractivity contribution in [3.8, 4) is 17.2 Å². The topological polar surface area (TPSA) is 148 Å². The molecule has 1 fully saturated rings. The highest BCUT2D eigenvalue weighted by molar-refractivity contribution is 6.11. The molecule has 13 nitrogen and oxygen atoms in total. The van der Waals surface area contributed by atoms with E-state index in [0.717, 1.165) is 12.5 Å². The van der Waals surface area contributed by atoms with Gasteiger partial charge in [-0.1, -0.05) is 18.2 Å². The molecule has 250 valence electrons. The zero-order valence-corrected chi connectivity index (χ0v) is 26.1. The van der Waals surface area contributed by atoms with Gasteiger partial charge in [0.2, 0.25) is 0 Å². The summed E-state index contributed by atoms with van der Waals surface area (Å²) < 4.78 is 40.4. The standard InChI is InChI=1S/C33H35FN2O11/c1-41-19-44-27-15-14-24(43-3)17-25(27)31(38)35-23-7-4-5-16-36(18-23)33(40)47-46-32(39)22-12-10-21(11-13-22)30(37)29-26(34)8-6-9-28(29)45-20-42-2/h6,8-15,17,23H,4-5,7,16,18-20H2,1-3H3,(H,35,38). The molecule has 1 N–H and O–H groups in total. The Labute approximate surface area is 270 Å². The summed E-state index contributed by atoms with van der Waals surface area (Å²) in [5.74, 6) is -2.12. The molecule has 1 aliphatic rings. The first-order valence-electron chi connectivity index (χ1n) is 14.6. The van der Waals surface area contributed by atoms with E-state index in [0.29, 0.717) is 30.9 Å². The number of hydrogen-bond donors (Lipinski definition) is 1. The van der Waals surface area contributed by atoms with E-state index in [2.05, 4.69) is 5.32 Å². The van der Waals surface area contributed by atoms with Crippen molar-refractivity contribution < 1.29 is 57.0 Å². The quantitative estimate of drug-likeness (QED) is 0.127. The number of carbonyl (C=O) groups excluding carboxylic acids is 4. The molecule has 4 rings (SSSR count). The van der Waals surface area contributed by atoms with Crippen LogP contribution in [-0.2, 0) is 19.2 Å². The molecule has 14 heteroatoms. The van der Waals surface area contributed by atoms with E-state index < -0.39 is 35.6 Å². The summed E-state index contributed by atoms with van der Waals surface area (Å²) in [7, 11) is 4.33. The minimum Gasteiger partial charge on any atom is -0.497 e. The average molecular weight is 655 g/mol. The fourth-order valence-corrected chi connectivity index (χ4v) is 4.79. The molecule has 1 atom stereocenters. The Morgan fingerprint density at radius 1 is 0.851 bits per heavy atom. The van der Waals surface area contributed by atoms with Crippen molar-refractivity contribution in [2.24, 2.45) is 0 Å². The van der Waals surface area contributed by atoms with Crippen molar-refractivity contribution in [1.82, 2.24) is 10.2 Å². The number of methoxy groups -OCH3 is 3. The summed E-state index contributed by atoms with van der Waals surface area (Å²) in [6.45, 7) is 0.168. The van der Waals surface area contributed by atoms with Crippen LogP contribution < -0.4 is 19.5 Å². The van der Waals surface area contributed by atoms with Gasteiger partial charge in [-0.15, -0.1) is 0 Å². The van der Waals surface area contributed by atoms with E-state index in [9.17, 15) is 23.6 Å². The average Bonchev–Trinajstić information content (AvgIpc) is 3.33. The molecule has 1 unspecified atom stereocenters. The predicted molar refractivity (Wildman–Crippen MR) is 163 cm³/mol. The highest BCUT2D eigenvalue weighted by Gasteiger charge is 2.27. The zero-order valence-electron chi connectivity index (χ0n) is 26.1. The van der Waals surface area contributed by atoms with Crippen LogP contribution in [0.2, 0.25) is 0 Å². The molecule has 0 radical (unpaired) electrons. The Hall–Kier alpha value is -5.21. The first kappa shape index (κ1) is 34.7. The van der Waals surface area contributed by atoms with E-state index in [1.165, 1.54) is 62.6 Å². The number of ether oxygens (including phenoxy) is 5. The number of hydrogen-bond acceptors (Lipinski definition) is 11. The first-order chi connectivity index (χ1) is 22.7. The van der Waals surface area contributed by atoms with Crippen LogP contribution in [0.15, 0.2) is 60.7 Å². The lowest BCUT2D eigenvalue weighted by Gasteiger charge is -2.24. The van der Waals surface area contributed by atoms with E-state index >= 15 is 0 Å². The van der Waals surface area contributed by atoms with Crippen LogP contribution in [0.1, 0.15) is 55.9 Å². The second-order valence-electron chi connectivity index (χ2n) is 10.3. The molecule has 1 aliphatic heterocycles. The number of likely N-dealkylation sites (tertiary alicyclic amines) is 1. The van der Waals surface area contributed by atoms with E-state index in [1.54, 1.807) is 18.2 Å². The molecule has 1 saturated heterocycles. The Balaban J connectivity index is 1.35. The highest BCUT2D eigenvalue weighted by Crippen LogP contribution is 2.26. The predicted octanol–water partition coefficient (Wildman–Crippen LogP) is 4.52. The number of rotatable bonds is 12. The number of benzene rings is 3. The van der Waals surface area contributed by atoms with Gasteiger partial charge in [0.1, 0.15) is 28.6 Å². The molecule has 0 aliphatic carbocycles. The van der Waals surface area contributed by atoms with Gasteiger partial charge < -0.3 is 33.9 Å². The van der Waals surface area contributed by atoms with Crippen LogP contribution in [-0.4, -0.2) is 82.7 Å². The van der Waals surface area contributed by atoms with Crippen LogP contribution in [0.5, 0.6) is 17.2 Å². The summed E-state index contributed by atoms with van der Waals surface area (Å²) in [4.78, 5) is 62.6. The van der Waals surface area contributed by atoms with Gasteiger partial charge in [-0.3, -0.25) is 9.59 Å². The minimum absolute atomic E-state index is 0.00343. The molecule has 2 amide bonds. The molecule has 1 heterocycles. The SMILES string of the molecule is COCOc1ccc(OC)cc1C(=O)NC1CCCCN(C(=O)OOC(=O)c2ccc(C(=O)c3c(F)cccc3OCOC)cc2)C1. The summed E-state index contributed by atoms with van der Waals surface area (Å²) >= 11 is 0. The van der Waals surface area contributed by atoms with Crippen LogP contribution in [0, 0.1) is 5.82 Å². The third kappa shape index (κ3) is 9.17. The van der Waals surface area contributed by atoms with Crippen molar-refractivity contribution in [1.29, 1.82) is 0 Å². The summed E-state index contributed by atoms with van der Waals surface area (Å²) in [6.07, 6.45) is 1.02. The molecule has 0 spiro atoms. The largest absolute Gasteiger partial charge is 0.497 e. The zero-order chi connectivity index (χ0) is 33.8. The molecule has 0 saturated carbocycles. The normalized spacial score (nSPS) is 14.4. The molecular formula is C33H35FN2O11. The van der Waals surface area contributed by atoms with Gasteiger partial charge in [-0.2, -0.15) is 0 Å². The van der Waals surface area contributed by atoms with Crippen LogP contribution >= 0.6 is 0 Å². The van der Waals surface area contributed by atoms with Gasteiger partial charge in [-0.05, 0) is 61.7 Å². The van der Waals surface area contributed by atoms with Crippen molar-refractivity contribution in [2.75, 3.05) is 48.0 Å². The van der Waals surface area contributed by atoms with Crippen molar-refractivity contribution >= 4 is 23.8 Å². The summed E-state index contributed by atoms with van der Waals surface area (Å²) in [5.41, 5.74) is -0.00118. The highest BCUT2D eigenvalue weighted by atomic mass is 19.1. The van der Waals surface area contributed by atoms with Gasteiger partial charge in [0.05, 0.1) is 18.2 Å². The number of nitrogens with one attached hydrogen (secondary N) is 1. The molecule has 3 aromatic carbocycles. The minimum atomic E-state index is -0.992. The van der Waals surface area contributed by atoms with Gasteiger partial charge in [0.15, 0.2) is 19.4 Å². The van der Waals surface area contributed by atoms with E-state index in [1.807, 2.05) is 0 Å². The Bertz CT molecular complexity index is 1560. The fraction of sp³-hybridized carbons (Fsp3) is 0.333. The fourth-order valence-electron chi connectivity index (χ4n) is 4.79. The number of amides is 2. The Morgan fingerprint density at radius 3 is 2.26 bits per heavy atom. The van der Waals surface area contributed by atoms with Crippen LogP contribution in [0.3, 0.4) is 0 Å². The van der Waals surface area contributed by atoms with E-state index in [4.69, 9.17) is 33.5 Å². The first-order valence-corrected chi connectivity index (χ1v) is 14.6. The van der Waals surface area contributed by atoms with Crippen molar-refractivity contribution in [3.05, 3.63) is 88.7 Å².